The fourth-order valence-corrected chi connectivity index (χ4v) is 5.89. The van der Waals surface area contributed by atoms with Crippen LogP contribution < -0.4 is 4.74 Å². The van der Waals surface area contributed by atoms with Crippen LogP contribution in [0.1, 0.15) is 69.6 Å². The number of hydrogen-bond donors (Lipinski definition) is 0. The lowest BCUT2D eigenvalue weighted by atomic mass is 9.97. The van der Waals surface area contributed by atoms with Gasteiger partial charge in [0.1, 0.15) is 40.3 Å². The van der Waals surface area contributed by atoms with Crippen molar-refractivity contribution >= 4 is 11.6 Å². The predicted molar refractivity (Wildman–Crippen MR) is 158 cm³/mol. The molecule has 0 saturated carbocycles. The van der Waals surface area contributed by atoms with Crippen LogP contribution in [-0.4, -0.2) is 83.3 Å². The van der Waals surface area contributed by atoms with E-state index in [1.165, 1.54) is 0 Å². The van der Waals surface area contributed by atoms with E-state index in [4.69, 9.17) is 9.47 Å². The summed E-state index contributed by atoms with van der Waals surface area (Å²) in [6, 6.07) is 10.5. The van der Waals surface area contributed by atoms with Crippen LogP contribution >= 0.6 is 0 Å². The van der Waals surface area contributed by atoms with E-state index in [1.807, 2.05) is 74.7 Å². The number of rotatable bonds is 6. The van der Waals surface area contributed by atoms with Crippen molar-refractivity contribution in [2.24, 2.45) is 0 Å². The second kappa shape index (κ2) is 11.3. The average Bonchev–Trinajstić information content (AvgIpc) is 3.55. The number of hydrogen-bond acceptors (Lipinski definition) is 9. The molecule has 0 aliphatic carbocycles. The van der Waals surface area contributed by atoms with Crippen molar-refractivity contribution in [2.45, 2.75) is 71.2 Å². The summed E-state index contributed by atoms with van der Waals surface area (Å²) in [5.41, 5.74) is 3.85. The van der Waals surface area contributed by atoms with E-state index in [1.54, 1.807) is 16.9 Å². The quantitative estimate of drug-likeness (QED) is 0.321. The minimum absolute atomic E-state index is 0.226. The first kappa shape index (κ1) is 28.6. The summed E-state index contributed by atoms with van der Waals surface area (Å²) >= 11 is 0. The largest absolute Gasteiger partial charge is 0.482 e. The second-order valence-corrected chi connectivity index (χ2v) is 12.3. The Morgan fingerprint density at radius 2 is 1.93 bits per heavy atom. The van der Waals surface area contributed by atoms with Crippen molar-refractivity contribution in [3.05, 3.63) is 59.8 Å². The molecule has 43 heavy (non-hydrogen) atoms. The van der Waals surface area contributed by atoms with Crippen molar-refractivity contribution in [1.29, 1.82) is 5.26 Å². The first-order chi connectivity index (χ1) is 20.6. The zero-order valence-corrected chi connectivity index (χ0v) is 25.3. The van der Waals surface area contributed by atoms with E-state index in [0.29, 0.717) is 36.0 Å². The molecule has 0 unspecified atom stereocenters. The van der Waals surface area contributed by atoms with Gasteiger partial charge >= 0.3 is 6.09 Å². The molecule has 6 rings (SSSR count). The molecule has 1 atom stereocenters. The summed E-state index contributed by atoms with van der Waals surface area (Å²) < 4.78 is 15.6. The summed E-state index contributed by atoms with van der Waals surface area (Å²) in [6.07, 6.45) is 6.44. The molecular weight excluding hydrogens is 546 g/mol. The Morgan fingerprint density at radius 1 is 1.16 bits per heavy atom. The normalized spacial score (nSPS) is 17.4. The number of pyridine rings is 2. The number of aromatic nitrogens is 6. The molecule has 2 saturated heterocycles. The van der Waals surface area contributed by atoms with Crippen LogP contribution in [0.3, 0.4) is 0 Å². The number of carbonyl (C=O) groups is 1. The number of carbonyl (C=O) groups excluding carboxylic acids is 1. The van der Waals surface area contributed by atoms with E-state index in [9.17, 15) is 10.1 Å². The lowest BCUT2D eigenvalue weighted by Crippen LogP contribution is -2.56. The fraction of sp³-hybridized carbons (Fsp3) is 0.484. The Bertz CT molecular complexity index is 1650. The van der Waals surface area contributed by atoms with Gasteiger partial charge in [0, 0.05) is 50.2 Å². The molecule has 0 bridgehead atoms. The van der Waals surface area contributed by atoms with E-state index in [2.05, 4.69) is 31.4 Å². The van der Waals surface area contributed by atoms with Crippen LogP contribution in [0.2, 0.25) is 0 Å². The Morgan fingerprint density at radius 3 is 2.60 bits per heavy atom. The number of likely N-dealkylation sites (tertiary alicyclic amines) is 2. The van der Waals surface area contributed by atoms with Gasteiger partial charge in [0.05, 0.1) is 23.6 Å². The molecule has 2 fully saturated rings. The first-order valence-corrected chi connectivity index (χ1v) is 14.7. The summed E-state index contributed by atoms with van der Waals surface area (Å²) in [7, 11) is 0. The topological polar surface area (TPSA) is 127 Å². The standard InChI is InChI=1S/C31H37N9O3/c1-20-28(22-14-27(29-23(15-32)16-34-39(29)17-22)42-21(2)26-8-6-7-11-33-26)35-36-40(20)25-18-38(19-25)24-9-12-37(13-10-24)30(41)43-31(3,4)5/h6-8,11,14,16-17,21,24-25H,9-10,12-13,18-19H2,1-5H3/t21-/m1/s1. The van der Waals surface area contributed by atoms with Crippen LogP contribution in [0.5, 0.6) is 5.75 Å². The number of ether oxygens (including phenoxy) is 2. The monoisotopic (exact) mass is 583 g/mol. The van der Waals surface area contributed by atoms with Gasteiger partial charge in [-0.1, -0.05) is 11.3 Å². The molecule has 224 valence electrons. The van der Waals surface area contributed by atoms with E-state index < -0.39 is 5.60 Å². The lowest BCUT2D eigenvalue weighted by Gasteiger charge is -2.47. The van der Waals surface area contributed by atoms with E-state index >= 15 is 0 Å². The molecule has 0 spiro atoms. The van der Waals surface area contributed by atoms with Crippen LogP contribution in [0.4, 0.5) is 4.79 Å². The molecule has 12 nitrogen and oxygen atoms in total. The van der Waals surface area contributed by atoms with Gasteiger partial charge in [-0.25, -0.2) is 14.0 Å². The second-order valence-electron chi connectivity index (χ2n) is 12.3. The minimum Gasteiger partial charge on any atom is -0.482 e. The summed E-state index contributed by atoms with van der Waals surface area (Å²) in [5.74, 6) is 0.534. The van der Waals surface area contributed by atoms with Crippen molar-refractivity contribution < 1.29 is 14.3 Å². The fourth-order valence-electron chi connectivity index (χ4n) is 5.89. The SMILES string of the molecule is Cc1c(-c2cc(O[C@H](C)c3ccccn3)c3c(C#N)cnn3c2)nnn1C1CN(C2CCN(C(=O)OC(C)(C)C)CC2)C1. The molecule has 12 heteroatoms. The van der Waals surface area contributed by atoms with Gasteiger partial charge in [-0.05, 0) is 65.7 Å². The average molecular weight is 584 g/mol. The van der Waals surface area contributed by atoms with Crippen molar-refractivity contribution in [3.63, 3.8) is 0 Å². The molecule has 4 aromatic heterocycles. The van der Waals surface area contributed by atoms with Gasteiger partial charge in [-0.15, -0.1) is 5.10 Å². The molecule has 4 aromatic rings. The highest BCUT2D eigenvalue weighted by Gasteiger charge is 2.38. The van der Waals surface area contributed by atoms with Crippen molar-refractivity contribution in [1.82, 2.24) is 39.4 Å². The smallest absolute Gasteiger partial charge is 0.410 e. The maximum absolute atomic E-state index is 12.4. The lowest BCUT2D eigenvalue weighted by molar-refractivity contribution is -0.00251. The maximum atomic E-state index is 12.4. The number of nitriles is 1. The number of nitrogens with zero attached hydrogens (tertiary/aromatic N) is 9. The third-order valence-corrected chi connectivity index (χ3v) is 8.18. The van der Waals surface area contributed by atoms with Crippen LogP contribution in [0, 0.1) is 18.3 Å². The van der Waals surface area contributed by atoms with Gasteiger partial charge in [0.15, 0.2) is 0 Å². The molecule has 1 amide bonds. The number of amides is 1. The van der Waals surface area contributed by atoms with Gasteiger partial charge in [0.2, 0.25) is 0 Å². The van der Waals surface area contributed by atoms with Crippen molar-refractivity contribution in [2.75, 3.05) is 26.2 Å². The van der Waals surface area contributed by atoms with Gasteiger partial charge in [-0.3, -0.25) is 9.88 Å². The molecule has 0 radical (unpaired) electrons. The van der Waals surface area contributed by atoms with Crippen LogP contribution in [0.25, 0.3) is 16.8 Å². The number of piperidine rings is 1. The Kier molecular flexibility index (Phi) is 7.52. The molecular formula is C31H37N9O3. The van der Waals surface area contributed by atoms with E-state index in [0.717, 1.165) is 48.6 Å². The molecule has 0 aromatic carbocycles. The highest BCUT2D eigenvalue weighted by atomic mass is 16.6. The predicted octanol–water partition coefficient (Wildman–Crippen LogP) is 4.56. The minimum atomic E-state index is -0.483. The summed E-state index contributed by atoms with van der Waals surface area (Å²) in [4.78, 5) is 21.1. The zero-order valence-electron chi connectivity index (χ0n) is 25.3. The zero-order chi connectivity index (χ0) is 30.3. The van der Waals surface area contributed by atoms with Crippen molar-refractivity contribution in [3.8, 4) is 23.1 Å². The molecule has 6 heterocycles. The van der Waals surface area contributed by atoms with Gasteiger partial charge < -0.3 is 14.4 Å². The third-order valence-electron chi connectivity index (χ3n) is 8.18. The van der Waals surface area contributed by atoms with Crippen LogP contribution in [0.15, 0.2) is 42.9 Å². The van der Waals surface area contributed by atoms with Crippen LogP contribution in [-0.2, 0) is 4.74 Å². The highest BCUT2D eigenvalue weighted by Crippen LogP contribution is 2.35. The third kappa shape index (κ3) is 5.77. The first-order valence-electron chi connectivity index (χ1n) is 14.7. The number of fused-ring (bicyclic) bond motifs is 1. The summed E-state index contributed by atoms with van der Waals surface area (Å²) in [5, 5.41) is 23.2. The van der Waals surface area contributed by atoms with Gasteiger partial charge in [-0.2, -0.15) is 10.4 Å². The molecule has 2 aliphatic rings. The Hall–Kier alpha value is -4.50. The Balaban J connectivity index is 1.15. The molecule has 2 aliphatic heterocycles. The van der Waals surface area contributed by atoms with E-state index in [-0.39, 0.29) is 18.2 Å². The van der Waals surface area contributed by atoms with Gasteiger partial charge in [0.25, 0.3) is 0 Å². The maximum Gasteiger partial charge on any atom is 0.410 e. The summed E-state index contributed by atoms with van der Waals surface area (Å²) in [6.45, 7) is 12.8. The molecule has 0 N–H and O–H groups in total. The highest BCUT2D eigenvalue weighted by molar-refractivity contribution is 5.75. The Labute approximate surface area is 250 Å².